The molecule has 1 atom stereocenters. The van der Waals surface area contributed by atoms with Gasteiger partial charge in [0.15, 0.2) is 0 Å². The minimum atomic E-state index is -0.258. The number of hydrogen-bond donors (Lipinski definition) is 1. The Morgan fingerprint density at radius 1 is 1.24 bits per heavy atom. The molecule has 4 rings (SSSR count). The predicted molar refractivity (Wildman–Crippen MR) is 105 cm³/mol. The number of amides is 1. The highest BCUT2D eigenvalue weighted by Crippen LogP contribution is 2.17. The van der Waals surface area contributed by atoms with E-state index in [2.05, 4.69) is 25.3 Å². The van der Waals surface area contributed by atoms with Crippen molar-refractivity contribution in [1.29, 1.82) is 0 Å². The van der Waals surface area contributed by atoms with Gasteiger partial charge in [-0.05, 0) is 25.5 Å². The third kappa shape index (κ3) is 4.86. The molecule has 1 saturated heterocycles. The Hall–Kier alpha value is -2.65. The first-order valence-electron chi connectivity index (χ1n) is 10.2. The maximum Gasteiger partial charge on any atom is 0.289 e. The third-order valence-electron chi connectivity index (χ3n) is 5.52. The smallest absolute Gasteiger partial charge is 0.289 e. The molecule has 0 radical (unpaired) electrons. The van der Waals surface area contributed by atoms with E-state index in [0.717, 1.165) is 50.0 Å². The van der Waals surface area contributed by atoms with Crippen molar-refractivity contribution in [2.24, 2.45) is 0 Å². The fourth-order valence-corrected chi connectivity index (χ4v) is 3.93. The van der Waals surface area contributed by atoms with Gasteiger partial charge in [0.2, 0.25) is 5.82 Å². The highest BCUT2D eigenvalue weighted by Gasteiger charge is 2.23. The molecule has 0 aliphatic carbocycles. The van der Waals surface area contributed by atoms with Crippen LogP contribution in [0.1, 0.15) is 41.1 Å². The van der Waals surface area contributed by atoms with Crippen LogP contribution >= 0.6 is 0 Å². The molecule has 154 valence electrons. The summed E-state index contributed by atoms with van der Waals surface area (Å²) in [7, 11) is 0. The Balaban J connectivity index is 1.36. The molecular formula is C20H26N6O3. The third-order valence-corrected chi connectivity index (χ3v) is 5.52. The summed E-state index contributed by atoms with van der Waals surface area (Å²) in [5, 5.41) is 7.49. The van der Waals surface area contributed by atoms with E-state index in [-0.39, 0.29) is 23.3 Å². The van der Waals surface area contributed by atoms with E-state index in [0.29, 0.717) is 26.3 Å². The topological polar surface area (TPSA) is 102 Å². The van der Waals surface area contributed by atoms with E-state index >= 15 is 0 Å². The fourth-order valence-electron chi connectivity index (χ4n) is 3.93. The Morgan fingerprint density at radius 2 is 2.10 bits per heavy atom. The number of nitrogens with zero attached hydrogens (tertiary/aromatic N) is 5. The summed E-state index contributed by atoms with van der Waals surface area (Å²) < 4.78 is 6.96. The molecule has 1 N–H and O–H groups in total. The summed E-state index contributed by atoms with van der Waals surface area (Å²) in [6.07, 6.45) is 7.13. The molecule has 0 bridgehead atoms. The van der Waals surface area contributed by atoms with Gasteiger partial charge in [-0.2, -0.15) is 5.10 Å². The molecule has 2 aliphatic heterocycles. The molecule has 1 fully saturated rings. The number of hydrogen-bond acceptors (Lipinski definition) is 7. The van der Waals surface area contributed by atoms with Gasteiger partial charge in [-0.1, -0.05) is 6.42 Å². The zero-order valence-electron chi connectivity index (χ0n) is 16.4. The van der Waals surface area contributed by atoms with E-state index in [4.69, 9.17) is 4.74 Å². The minimum Gasteiger partial charge on any atom is -0.376 e. The van der Waals surface area contributed by atoms with Crippen molar-refractivity contribution in [3.05, 3.63) is 52.0 Å². The molecule has 29 heavy (non-hydrogen) atoms. The maximum atomic E-state index is 12.4. The lowest BCUT2D eigenvalue weighted by atomic mass is 10.0. The molecule has 9 nitrogen and oxygen atoms in total. The van der Waals surface area contributed by atoms with Crippen LogP contribution in [0.15, 0.2) is 29.3 Å². The van der Waals surface area contributed by atoms with Crippen molar-refractivity contribution in [2.45, 2.75) is 44.9 Å². The summed E-state index contributed by atoms with van der Waals surface area (Å²) in [6, 6.07) is 3.57. The van der Waals surface area contributed by atoms with Crippen LogP contribution in [0, 0.1) is 0 Å². The van der Waals surface area contributed by atoms with Gasteiger partial charge in [-0.3, -0.25) is 14.5 Å². The Bertz CT molecular complexity index is 901. The molecule has 0 aromatic carbocycles. The van der Waals surface area contributed by atoms with Crippen LogP contribution in [0.4, 0.5) is 0 Å². The molecule has 0 saturated carbocycles. The van der Waals surface area contributed by atoms with Gasteiger partial charge in [-0.15, -0.1) is 0 Å². The predicted octanol–water partition coefficient (Wildman–Crippen LogP) is 0.391. The van der Waals surface area contributed by atoms with Crippen LogP contribution in [0.3, 0.4) is 0 Å². The van der Waals surface area contributed by atoms with Crippen molar-refractivity contribution >= 4 is 5.91 Å². The number of aromatic nitrogens is 4. The normalized spacial score (nSPS) is 19.5. The SMILES string of the molecule is O=C(NCC1CCCCN1CCn1nc2c(cc1=O)COCC2)c1ncccn1. The number of nitrogens with one attached hydrogen (secondary N) is 1. The Kier molecular flexibility index (Phi) is 6.26. The standard InChI is InChI=1S/C20H26N6O3/c27-18-12-15-14-29-11-5-17(15)24-26(18)10-9-25-8-2-1-4-16(25)13-23-20(28)19-21-6-3-7-22-19/h3,6-7,12,16H,1-2,4-5,8-11,13-14H2,(H,23,28). The van der Waals surface area contributed by atoms with Gasteiger partial charge in [0.1, 0.15) is 0 Å². The molecule has 1 unspecified atom stereocenters. The Morgan fingerprint density at radius 3 is 2.97 bits per heavy atom. The lowest BCUT2D eigenvalue weighted by Crippen LogP contribution is -2.48. The number of fused-ring (bicyclic) bond motifs is 1. The molecule has 2 aromatic rings. The van der Waals surface area contributed by atoms with Crippen LogP contribution in [-0.2, 0) is 24.3 Å². The summed E-state index contributed by atoms with van der Waals surface area (Å²) in [5.74, 6) is -0.0745. The molecule has 2 aliphatic rings. The largest absolute Gasteiger partial charge is 0.376 e. The quantitative estimate of drug-likeness (QED) is 0.751. The van der Waals surface area contributed by atoms with E-state index in [1.54, 1.807) is 29.2 Å². The number of likely N-dealkylation sites (tertiary alicyclic amines) is 1. The van der Waals surface area contributed by atoms with Gasteiger partial charge in [-0.25, -0.2) is 14.6 Å². The Labute approximate surface area is 169 Å². The zero-order chi connectivity index (χ0) is 20.1. The van der Waals surface area contributed by atoms with Gasteiger partial charge in [0.05, 0.1) is 25.5 Å². The molecular weight excluding hydrogens is 372 g/mol. The summed E-state index contributed by atoms with van der Waals surface area (Å²) >= 11 is 0. The first-order valence-corrected chi connectivity index (χ1v) is 10.2. The number of rotatable bonds is 6. The monoisotopic (exact) mass is 398 g/mol. The second kappa shape index (κ2) is 9.23. The number of carbonyl (C=O) groups excluding carboxylic acids is 1. The van der Waals surface area contributed by atoms with E-state index in [9.17, 15) is 9.59 Å². The van der Waals surface area contributed by atoms with Crippen LogP contribution < -0.4 is 10.9 Å². The van der Waals surface area contributed by atoms with Crippen LogP contribution in [-0.4, -0.2) is 62.8 Å². The van der Waals surface area contributed by atoms with Crippen LogP contribution in [0.25, 0.3) is 0 Å². The number of carbonyl (C=O) groups is 1. The molecule has 1 amide bonds. The lowest BCUT2D eigenvalue weighted by molar-refractivity contribution is 0.0897. The van der Waals surface area contributed by atoms with Crippen LogP contribution in [0.5, 0.6) is 0 Å². The highest BCUT2D eigenvalue weighted by molar-refractivity contribution is 5.90. The molecule has 0 spiro atoms. The van der Waals surface area contributed by atoms with Crippen molar-refractivity contribution in [1.82, 2.24) is 30.0 Å². The summed E-state index contributed by atoms with van der Waals surface area (Å²) in [5.41, 5.74) is 1.78. The molecule has 4 heterocycles. The summed E-state index contributed by atoms with van der Waals surface area (Å²) in [6.45, 7) is 3.88. The average molecular weight is 398 g/mol. The minimum absolute atomic E-state index is 0.0858. The zero-order valence-corrected chi connectivity index (χ0v) is 16.4. The van der Waals surface area contributed by atoms with E-state index in [1.165, 1.54) is 0 Å². The van der Waals surface area contributed by atoms with E-state index < -0.39 is 0 Å². The first kappa shape index (κ1) is 19.7. The second-order valence-electron chi connectivity index (χ2n) is 7.45. The van der Waals surface area contributed by atoms with Gasteiger partial charge in [0, 0.05) is 49.6 Å². The lowest BCUT2D eigenvalue weighted by Gasteiger charge is -2.35. The van der Waals surface area contributed by atoms with Crippen LogP contribution in [0.2, 0.25) is 0 Å². The van der Waals surface area contributed by atoms with Gasteiger partial charge in [0.25, 0.3) is 11.5 Å². The number of piperidine rings is 1. The van der Waals surface area contributed by atoms with E-state index in [1.807, 2.05) is 0 Å². The molecule has 2 aromatic heterocycles. The first-order chi connectivity index (χ1) is 14.2. The van der Waals surface area contributed by atoms with Crippen molar-refractivity contribution in [3.8, 4) is 0 Å². The van der Waals surface area contributed by atoms with Crippen molar-refractivity contribution in [3.63, 3.8) is 0 Å². The highest BCUT2D eigenvalue weighted by atomic mass is 16.5. The van der Waals surface area contributed by atoms with Crippen molar-refractivity contribution < 1.29 is 9.53 Å². The van der Waals surface area contributed by atoms with Gasteiger partial charge < -0.3 is 10.1 Å². The number of ether oxygens (including phenoxy) is 1. The van der Waals surface area contributed by atoms with Crippen molar-refractivity contribution in [2.75, 3.05) is 26.2 Å². The fraction of sp³-hybridized carbons (Fsp3) is 0.550. The maximum absolute atomic E-state index is 12.4. The van der Waals surface area contributed by atoms with Gasteiger partial charge >= 0.3 is 0 Å². The average Bonchev–Trinajstić information content (AvgIpc) is 2.77. The second-order valence-corrected chi connectivity index (χ2v) is 7.45. The molecule has 9 heteroatoms. The summed E-state index contributed by atoms with van der Waals surface area (Å²) in [4.78, 5) is 34.9.